The van der Waals surface area contributed by atoms with E-state index in [9.17, 15) is 4.79 Å². The first-order chi connectivity index (χ1) is 17.5. The molecule has 7 nitrogen and oxygen atoms in total. The number of aromatic nitrogens is 2. The summed E-state index contributed by atoms with van der Waals surface area (Å²) < 4.78 is 5.95. The van der Waals surface area contributed by atoms with Crippen LogP contribution in [0.3, 0.4) is 0 Å². The average Bonchev–Trinajstić information content (AvgIpc) is 3.30. The molecule has 1 aliphatic rings. The minimum atomic E-state index is 0.161. The van der Waals surface area contributed by atoms with Crippen LogP contribution in [-0.4, -0.2) is 65.9 Å². The molecule has 1 fully saturated rings. The summed E-state index contributed by atoms with van der Waals surface area (Å²) in [4.78, 5) is 27.4. The van der Waals surface area contributed by atoms with Gasteiger partial charge < -0.3 is 24.4 Å². The van der Waals surface area contributed by atoms with E-state index >= 15 is 0 Å². The number of anilines is 1. The Hall–Kier alpha value is -3.84. The zero-order valence-electron chi connectivity index (χ0n) is 21.0. The minimum absolute atomic E-state index is 0.161. The number of H-pyrrole nitrogens is 1. The molecule has 36 heavy (non-hydrogen) atoms. The molecule has 0 saturated carbocycles. The molecule has 4 aromatic rings. The van der Waals surface area contributed by atoms with Crippen LogP contribution in [0.4, 0.5) is 5.82 Å². The summed E-state index contributed by atoms with van der Waals surface area (Å²) in [6, 6.07) is 20.4. The van der Waals surface area contributed by atoms with E-state index in [-0.39, 0.29) is 5.91 Å². The number of piperazine rings is 1. The number of nitrogens with one attached hydrogen (secondary N) is 1. The van der Waals surface area contributed by atoms with Crippen molar-refractivity contribution in [3.8, 4) is 5.75 Å². The molecule has 0 spiro atoms. The number of carbonyl (C=O) groups excluding carboxylic acids is 1. The third kappa shape index (κ3) is 5.69. The van der Waals surface area contributed by atoms with Gasteiger partial charge in [-0.1, -0.05) is 36.4 Å². The molecule has 0 unspecified atom stereocenters. The fourth-order valence-corrected chi connectivity index (χ4v) is 4.66. The van der Waals surface area contributed by atoms with Crippen molar-refractivity contribution in [3.63, 3.8) is 0 Å². The van der Waals surface area contributed by atoms with Crippen LogP contribution in [0.2, 0.25) is 0 Å². The molecule has 2 aromatic heterocycles. The topological polar surface area (TPSA) is 64.7 Å². The largest absolute Gasteiger partial charge is 0.489 e. The number of pyridine rings is 1. The van der Waals surface area contributed by atoms with Gasteiger partial charge in [-0.3, -0.25) is 4.79 Å². The SMILES string of the molecule is CN(C)Cc1ccc(N2CCN(C(=O)Cc3c[nH]c4cc(OCc5ccccc5)ccc34)CC2)nc1. The molecular formula is C29H33N5O2. The monoisotopic (exact) mass is 483 g/mol. The van der Waals surface area contributed by atoms with Crippen LogP contribution in [0.1, 0.15) is 16.7 Å². The highest BCUT2D eigenvalue weighted by atomic mass is 16.5. The predicted molar refractivity (Wildman–Crippen MR) is 143 cm³/mol. The first-order valence-corrected chi connectivity index (χ1v) is 12.4. The van der Waals surface area contributed by atoms with Crippen LogP contribution in [0.25, 0.3) is 10.9 Å². The second-order valence-corrected chi connectivity index (χ2v) is 9.60. The van der Waals surface area contributed by atoms with Gasteiger partial charge in [-0.15, -0.1) is 0 Å². The van der Waals surface area contributed by atoms with E-state index in [1.165, 1.54) is 5.56 Å². The van der Waals surface area contributed by atoms with Crippen molar-refractivity contribution in [2.45, 2.75) is 19.6 Å². The quantitative estimate of drug-likeness (QED) is 0.409. The Labute approximate surface area is 212 Å². The summed E-state index contributed by atoms with van der Waals surface area (Å²) in [5, 5.41) is 1.07. The summed E-state index contributed by atoms with van der Waals surface area (Å²) in [5.41, 5.74) is 4.33. The van der Waals surface area contributed by atoms with Crippen LogP contribution in [0.15, 0.2) is 73.1 Å². The van der Waals surface area contributed by atoms with Gasteiger partial charge in [-0.25, -0.2) is 4.98 Å². The summed E-state index contributed by atoms with van der Waals surface area (Å²) in [5.74, 6) is 1.95. The van der Waals surface area contributed by atoms with E-state index in [0.29, 0.717) is 26.1 Å². The number of benzene rings is 2. The summed E-state index contributed by atoms with van der Waals surface area (Å²) >= 11 is 0. The lowest BCUT2D eigenvalue weighted by Gasteiger charge is -2.35. The Balaban J connectivity index is 1.15. The van der Waals surface area contributed by atoms with E-state index in [0.717, 1.165) is 53.2 Å². The molecule has 7 heteroatoms. The van der Waals surface area contributed by atoms with Crippen molar-refractivity contribution in [2.24, 2.45) is 0 Å². The lowest BCUT2D eigenvalue weighted by Crippen LogP contribution is -2.49. The maximum absolute atomic E-state index is 13.1. The van der Waals surface area contributed by atoms with Gasteiger partial charge in [0.25, 0.3) is 0 Å². The molecule has 1 saturated heterocycles. The standard InChI is InChI=1S/C29H33N5O2/c1-32(2)20-23-8-11-28(31-18-23)33-12-14-34(15-13-33)29(35)16-24-19-30-27-17-25(9-10-26(24)27)36-21-22-6-4-3-5-7-22/h3-11,17-19,30H,12-16,20-21H2,1-2H3. The second kappa shape index (κ2) is 10.8. The molecule has 3 heterocycles. The molecule has 0 aliphatic carbocycles. The zero-order valence-corrected chi connectivity index (χ0v) is 21.0. The smallest absolute Gasteiger partial charge is 0.227 e. The van der Waals surface area contributed by atoms with Crippen LogP contribution in [0, 0.1) is 0 Å². The van der Waals surface area contributed by atoms with Crippen molar-refractivity contribution in [1.29, 1.82) is 0 Å². The van der Waals surface area contributed by atoms with Gasteiger partial charge in [0.1, 0.15) is 18.2 Å². The predicted octanol–water partition coefficient (Wildman–Crippen LogP) is 4.09. The third-order valence-corrected chi connectivity index (χ3v) is 6.59. The molecule has 1 aliphatic heterocycles. The van der Waals surface area contributed by atoms with E-state index in [1.54, 1.807) is 0 Å². The molecule has 5 rings (SSSR count). The molecule has 186 valence electrons. The van der Waals surface area contributed by atoms with E-state index < -0.39 is 0 Å². The fraction of sp³-hybridized carbons (Fsp3) is 0.310. The Bertz CT molecular complexity index is 1290. The highest BCUT2D eigenvalue weighted by Gasteiger charge is 2.23. The van der Waals surface area contributed by atoms with Crippen LogP contribution in [-0.2, 0) is 24.4 Å². The maximum Gasteiger partial charge on any atom is 0.227 e. The molecule has 1 amide bonds. The molecule has 0 atom stereocenters. The highest BCUT2D eigenvalue weighted by molar-refractivity contribution is 5.89. The molecule has 0 radical (unpaired) electrons. The van der Waals surface area contributed by atoms with Gasteiger partial charge in [0.05, 0.1) is 6.42 Å². The van der Waals surface area contributed by atoms with Gasteiger partial charge in [0.2, 0.25) is 5.91 Å². The molecular weight excluding hydrogens is 450 g/mol. The summed E-state index contributed by atoms with van der Waals surface area (Å²) in [6.45, 7) is 4.41. The van der Waals surface area contributed by atoms with Gasteiger partial charge in [-0.05, 0) is 49.0 Å². The Morgan fingerprint density at radius 2 is 1.81 bits per heavy atom. The van der Waals surface area contributed by atoms with Crippen LogP contribution in [0.5, 0.6) is 5.75 Å². The first kappa shape index (κ1) is 23.9. The van der Waals surface area contributed by atoms with E-state index in [2.05, 4.69) is 58.1 Å². The van der Waals surface area contributed by atoms with Crippen molar-refractivity contribution < 1.29 is 9.53 Å². The van der Waals surface area contributed by atoms with Gasteiger partial charge in [0, 0.05) is 62.1 Å². The van der Waals surface area contributed by atoms with Crippen molar-refractivity contribution in [2.75, 3.05) is 45.2 Å². The first-order valence-electron chi connectivity index (χ1n) is 12.4. The Morgan fingerprint density at radius 3 is 2.53 bits per heavy atom. The maximum atomic E-state index is 13.1. The van der Waals surface area contributed by atoms with Crippen molar-refractivity contribution >= 4 is 22.6 Å². The number of rotatable bonds is 8. The zero-order chi connectivity index (χ0) is 24.9. The fourth-order valence-electron chi connectivity index (χ4n) is 4.66. The molecule has 1 N–H and O–H groups in total. The third-order valence-electron chi connectivity index (χ3n) is 6.59. The van der Waals surface area contributed by atoms with Crippen LogP contribution < -0.4 is 9.64 Å². The summed E-state index contributed by atoms with van der Waals surface area (Å²) in [7, 11) is 4.11. The van der Waals surface area contributed by atoms with Gasteiger partial charge >= 0.3 is 0 Å². The molecule has 0 bridgehead atoms. The lowest BCUT2D eigenvalue weighted by atomic mass is 10.1. The summed E-state index contributed by atoms with van der Waals surface area (Å²) in [6.07, 6.45) is 4.28. The number of nitrogens with zero attached hydrogens (tertiary/aromatic N) is 4. The Morgan fingerprint density at radius 1 is 1.00 bits per heavy atom. The second-order valence-electron chi connectivity index (χ2n) is 9.60. The van der Waals surface area contributed by atoms with Gasteiger partial charge in [0.15, 0.2) is 0 Å². The molecule has 2 aromatic carbocycles. The number of amides is 1. The number of carbonyl (C=O) groups is 1. The number of hydrogen-bond acceptors (Lipinski definition) is 5. The van der Waals surface area contributed by atoms with Crippen molar-refractivity contribution in [1.82, 2.24) is 19.8 Å². The van der Waals surface area contributed by atoms with E-state index in [4.69, 9.17) is 4.74 Å². The minimum Gasteiger partial charge on any atom is -0.489 e. The van der Waals surface area contributed by atoms with Gasteiger partial charge in [-0.2, -0.15) is 0 Å². The lowest BCUT2D eigenvalue weighted by molar-refractivity contribution is -0.130. The number of ether oxygens (including phenoxy) is 1. The Kier molecular flexibility index (Phi) is 7.18. The number of hydrogen-bond donors (Lipinski definition) is 1. The van der Waals surface area contributed by atoms with Crippen molar-refractivity contribution in [3.05, 3.63) is 89.7 Å². The highest BCUT2D eigenvalue weighted by Crippen LogP contribution is 2.25. The van der Waals surface area contributed by atoms with Crippen LogP contribution >= 0.6 is 0 Å². The van der Waals surface area contributed by atoms with E-state index in [1.807, 2.05) is 53.7 Å². The normalized spacial score (nSPS) is 14.0. The average molecular weight is 484 g/mol. The number of fused-ring (bicyclic) bond motifs is 1. The number of aromatic amines is 1.